The van der Waals surface area contributed by atoms with Crippen LogP contribution in [-0.4, -0.2) is 29.8 Å². The molecule has 1 aromatic rings. The van der Waals surface area contributed by atoms with Gasteiger partial charge in [0.15, 0.2) is 0 Å². The van der Waals surface area contributed by atoms with Crippen LogP contribution in [0, 0.1) is 5.92 Å². The Morgan fingerprint density at radius 1 is 1.50 bits per heavy atom. The van der Waals surface area contributed by atoms with Gasteiger partial charge >= 0.3 is 0 Å². The van der Waals surface area contributed by atoms with Crippen molar-refractivity contribution in [1.29, 1.82) is 0 Å². The predicted molar refractivity (Wildman–Crippen MR) is 69.9 cm³/mol. The summed E-state index contributed by atoms with van der Waals surface area (Å²) in [6.07, 6.45) is 0. The van der Waals surface area contributed by atoms with E-state index in [1.165, 1.54) is 0 Å². The normalized spacial score (nSPS) is 12.4. The third-order valence-electron chi connectivity index (χ3n) is 2.07. The van der Waals surface area contributed by atoms with Crippen LogP contribution in [0.5, 0.6) is 5.75 Å². The van der Waals surface area contributed by atoms with Crippen LogP contribution in [-0.2, 0) is 0 Å². The molecule has 0 heterocycles. The molecule has 3 nitrogen and oxygen atoms in total. The molecule has 0 saturated heterocycles. The van der Waals surface area contributed by atoms with Crippen LogP contribution in [0.4, 0.5) is 5.69 Å². The van der Waals surface area contributed by atoms with E-state index in [1.54, 1.807) is 11.8 Å². The first-order valence-corrected chi connectivity index (χ1v) is 6.54. The van der Waals surface area contributed by atoms with Crippen molar-refractivity contribution >= 4 is 17.4 Å². The summed E-state index contributed by atoms with van der Waals surface area (Å²) in [5.41, 5.74) is 6.36. The average molecular weight is 241 g/mol. The summed E-state index contributed by atoms with van der Waals surface area (Å²) in [6.45, 7) is 2.96. The molecule has 1 rings (SSSR count). The van der Waals surface area contributed by atoms with Crippen LogP contribution >= 0.6 is 11.8 Å². The molecule has 3 N–H and O–H groups in total. The third-order valence-corrected chi connectivity index (χ3v) is 3.33. The van der Waals surface area contributed by atoms with Crippen LogP contribution < -0.4 is 10.5 Å². The first-order valence-electron chi connectivity index (χ1n) is 5.39. The van der Waals surface area contributed by atoms with Crippen molar-refractivity contribution in [2.24, 2.45) is 5.92 Å². The highest BCUT2D eigenvalue weighted by atomic mass is 32.2. The van der Waals surface area contributed by atoms with Crippen molar-refractivity contribution in [3.05, 3.63) is 24.3 Å². The standard InChI is InChI=1S/C12H19NO2S/c1-10(8-14)9-16-6-5-15-12-4-2-3-11(13)7-12/h2-4,7,10,14H,5-6,8-9,13H2,1H3. The van der Waals surface area contributed by atoms with Gasteiger partial charge in [-0.2, -0.15) is 11.8 Å². The summed E-state index contributed by atoms with van der Waals surface area (Å²) in [5, 5.41) is 8.84. The zero-order valence-electron chi connectivity index (χ0n) is 9.56. The Hall–Kier alpha value is -0.870. The van der Waals surface area contributed by atoms with Crippen LogP contribution in [0.15, 0.2) is 24.3 Å². The fraction of sp³-hybridized carbons (Fsp3) is 0.500. The molecule has 0 amide bonds. The zero-order valence-corrected chi connectivity index (χ0v) is 10.4. The van der Waals surface area contributed by atoms with Gasteiger partial charge in [-0.25, -0.2) is 0 Å². The highest BCUT2D eigenvalue weighted by molar-refractivity contribution is 7.99. The summed E-state index contributed by atoms with van der Waals surface area (Å²) in [4.78, 5) is 0. The number of ether oxygens (including phenoxy) is 1. The Labute approximate surface area is 101 Å². The first kappa shape index (κ1) is 13.2. The Balaban J connectivity index is 2.12. The Kier molecular flexibility index (Phi) is 6.11. The van der Waals surface area contributed by atoms with Crippen LogP contribution in [0.25, 0.3) is 0 Å². The number of aliphatic hydroxyl groups is 1. The lowest BCUT2D eigenvalue weighted by Gasteiger charge is -2.08. The van der Waals surface area contributed by atoms with Crippen molar-refractivity contribution < 1.29 is 9.84 Å². The van der Waals surface area contributed by atoms with E-state index in [1.807, 2.05) is 31.2 Å². The second-order valence-corrected chi connectivity index (χ2v) is 4.93. The van der Waals surface area contributed by atoms with Crippen LogP contribution in [0.3, 0.4) is 0 Å². The van der Waals surface area contributed by atoms with Gasteiger partial charge in [-0.05, 0) is 23.8 Å². The number of thioether (sulfide) groups is 1. The van der Waals surface area contributed by atoms with Gasteiger partial charge in [0.25, 0.3) is 0 Å². The van der Waals surface area contributed by atoms with Crippen molar-refractivity contribution in [1.82, 2.24) is 0 Å². The van der Waals surface area contributed by atoms with Crippen LogP contribution in [0.1, 0.15) is 6.92 Å². The maximum atomic E-state index is 8.84. The van der Waals surface area contributed by atoms with Crippen molar-refractivity contribution in [3.63, 3.8) is 0 Å². The van der Waals surface area contributed by atoms with Gasteiger partial charge < -0.3 is 15.6 Å². The molecule has 4 heteroatoms. The summed E-state index contributed by atoms with van der Waals surface area (Å²) < 4.78 is 5.54. The van der Waals surface area contributed by atoms with E-state index in [-0.39, 0.29) is 6.61 Å². The predicted octanol–water partition coefficient (Wildman–Crippen LogP) is 2.01. The smallest absolute Gasteiger partial charge is 0.121 e. The Bertz CT molecular complexity index is 307. The van der Waals surface area contributed by atoms with Gasteiger partial charge in [0, 0.05) is 24.1 Å². The molecular weight excluding hydrogens is 222 g/mol. The van der Waals surface area contributed by atoms with E-state index >= 15 is 0 Å². The maximum Gasteiger partial charge on any atom is 0.121 e. The molecule has 16 heavy (non-hydrogen) atoms. The molecular formula is C12H19NO2S. The number of nitrogens with two attached hydrogens (primary N) is 1. The molecule has 1 aromatic carbocycles. The lowest BCUT2D eigenvalue weighted by atomic mass is 10.2. The van der Waals surface area contributed by atoms with E-state index < -0.39 is 0 Å². The van der Waals surface area contributed by atoms with E-state index in [0.717, 1.165) is 22.9 Å². The second kappa shape index (κ2) is 7.41. The quantitative estimate of drug-likeness (QED) is 0.566. The van der Waals surface area contributed by atoms with Crippen molar-refractivity contribution in [3.8, 4) is 5.75 Å². The van der Waals surface area contributed by atoms with E-state index in [0.29, 0.717) is 12.5 Å². The molecule has 0 bridgehead atoms. The van der Waals surface area contributed by atoms with Crippen molar-refractivity contribution in [2.45, 2.75) is 6.92 Å². The molecule has 1 unspecified atom stereocenters. The molecule has 0 saturated carbocycles. The minimum absolute atomic E-state index is 0.253. The minimum atomic E-state index is 0.253. The van der Waals surface area contributed by atoms with Gasteiger partial charge in [-0.15, -0.1) is 0 Å². The van der Waals surface area contributed by atoms with Gasteiger partial charge in [0.1, 0.15) is 5.75 Å². The number of anilines is 1. The summed E-state index contributed by atoms with van der Waals surface area (Å²) in [5.74, 6) is 3.07. The molecule has 90 valence electrons. The SMILES string of the molecule is CC(CO)CSCCOc1cccc(N)c1. The minimum Gasteiger partial charge on any atom is -0.493 e. The number of benzene rings is 1. The van der Waals surface area contributed by atoms with E-state index in [2.05, 4.69) is 0 Å². The molecule has 0 aliphatic carbocycles. The molecule has 0 radical (unpaired) electrons. The average Bonchev–Trinajstić information content (AvgIpc) is 2.28. The van der Waals surface area contributed by atoms with E-state index in [9.17, 15) is 0 Å². The molecule has 1 atom stereocenters. The van der Waals surface area contributed by atoms with E-state index in [4.69, 9.17) is 15.6 Å². The molecule has 0 spiro atoms. The van der Waals surface area contributed by atoms with Gasteiger partial charge in [-0.3, -0.25) is 0 Å². The first-order chi connectivity index (χ1) is 7.72. The second-order valence-electron chi connectivity index (χ2n) is 3.78. The zero-order chi connectivity index (χ0) is 11.8. The summed E-state index contributed by atoms with van der Waals surface area (Å²) in [6, 6.07) is 7.44. The Morgan fingerprint density at radius 3 is 3.00 bits per heavy atom. The van der Waals surface area contributed by atoms with Gasteiger partial charge in [0.2, 0.25) is 0 Å². The highest BCUT2D eigenvalue weighted by Gasteiger charge is 2.00. The van der Waals surface area contributed by atoms with Crippen LogP contribution in [0.2, 0.25) is 0 Å². The summed E-state index contributed by atoms with van der Waals surface area (Å²) in [7, 11) is 0. The Morgan fingerprint density at radius 2 is 2.31 bits per heavy atom. The number of rotatable bonds is 7. The highest BCUT2D eigenvalue weighted by Crippen LogP contribution is 2.15. The molecule has 0 aliphatic rings. The number of nitrogen functional groups attached to an aromatic ring is 1. The maximum absolute atomic E-state index is 8.84. The lowest BCUT2D eigenvalue weighted by Crippen LogP contribution is -2.06. The number of hydrogen-bond acceptors (Lipinski definition) is 4. The molecule has 0 aliphatic heterocycles. The number of aliphatic hydroxyl groups excluding tert-OH is 1. The van der Waals surface area contributed by atoms with Gasteiger partial charge in [-0.1, -0.05) is 13.0 Å². The fourth-order valence-corrected chi connectivity index (χ4v) is 2.04. The lowest BCUT2D eigenvalue weighted by molar-refractivity contribution is 0.250. The molecule has 0 aromatic heterocycles. The third kappa shape index (κ3) is 5.28. The van der Waals surface area contributed by atoms with Crippen molar-refractivity contribution in [2.75, 3.05) is 30.5 Å². The summed E-state index contributed by atoms with van der Waals surface area (Å²) >= 11 is 1.79. The topological polar surface area (TPSA) is 55.5 Å². The monoisotopic (exact) mass is 241 g/mol. The van der Waals surface area contributed by atoms with Gasteiger partial charge in [0.05, 0.1) is 6.61 Å². The fourth-order valence-electron chi connectivity index (χ4n) is 1.16. The molecule has 0 fully saturated rings. The largest absolute Gasteiger partial charge is 0.493 e. The number of hydrogen-bond donors (Lipinski definition) is 2.